The molecule has 4 heteroatoms. The lowest BCUT2D eigenvalue weighted by Gasteiger charge is -2.13. The van der Waals surface area contributed by atoms with Gasteiger partial charge in [-0.2, -0.15) is 0 Å². The number of aromatic nitrogens is 2. The summed E-state index contributed by atoms with van der Waals surface area (Å²) in [6.45, 7) is 0. The highest BCUT2D eigenvalue weighted by molar-refractivity contribution is 5.41. The van der Waals surface area contributed by atoms with Crippen LogP contribution in [-0.4, -0.2) is 16.0 Å². The monoisotopic (exact) mass is 267 g/mol. The van der Waals surface area contributed by atoms with Gasteiger partial charge < -0.3 is 10.3 Å². The van der Waals surface area contributed by atoms with E-state index in [1.54, 1.807) is 6.07 Å². The molecule has 0 atom stereocenters. The van der Waals surface area contributed by atoms with Gasteiger partial charge in [-0.3, -0.25) is 4.79 Å². The molecule has 0 amide bonds. The number of rotatable bonds is 3. The Labute approximate surface area is 117 Å². The van der Waals surface area contributed by atoms with Crippen LogP contribution in [0.1, 0.15) is 35.7 Å². The largest absolute Gasteiger partial charge is 0.366 e. The standard InChI is InChI=1S/C16H17N3O/c20-15-9-14(18-16(19-15)10-5-6-10)17-13-7-11-3-1-2-4-12(11)8-13/h1-4,9-10,13H,5-8H2,(H2,17,18,19,20). The minimum absolute atomic E-state index is 0.0556. The van der Waals surface area contributed by atoms with E-state index in [0.717, 1.165) is 31.5 Å². The van der Waals surface area contributed by atoms with Crippen molar-refractivity contribution in [3.8, 4) is 0 Å². The fraction of sp³-hybridized carbons (Fsp3) is 0.375. The van der Waals surface area contributed by atoms with Crippen molar-refractivity contribution in [2.24, 2.45) is 0 Å². The maximum Gasteiger partial charge on any atom is 0.252 e. The molecule has 0 saturated heterocycles. The van der Waals surface area contributed by atoms with E-state index in [9.17, 15) is 4.79 Å². The first-order valence-corrected chi connectivity index (χ1v) is 7.22. The van der Waals surface area contributed by atoms with Crippen molar-refractivity contribution in [3.63, 3.8) is 0 Å². The summed E-state index contributed by atoms with van der Waals surface area (Å²) in [6.07, 6.45) is 4.29. The fourth-order valence-electron chi connectivity index (χ4n) is 2.97. The Morgan fingerprint density at radius 2 is 1.85 bits per heavy atom. The normalized spacial score (nSPS) is 18.0. The lowest BCUT2D eigenvalue weighted by atomic mass is 10.1. The van der Waals surface area contributed by atoms with Gasteiger partial charge in [-0.1, -0.05) is 24.3 Å². The molecule has 1 aromatic carbocycles. The Bertz CT molecular complexity index is 678. The number of H-pyrrole nitrogens is 1. The molecule has 4 rings (SSSR count). The van der Waals surface area contributed by atoms with Gasteiger partial charge >= 0.3 is 0 Å². The molecule has 2 aromatic rings. The molecular weight excluding hydrogens is 250 g/mol. The Morgan fingerprint density at radius 3 is 2.50 bits per heavy atom. The molecular formula is C16H17N3O. The highest BCUT2D eigenvalue weighted by Gasteiger charge is 2.27. The lowest BCUT2D eigenvalue weighted by molar-refractivity contribution is 0.762. The van der Waals surface area contributed by atoms with Crippen molar-refractivity contribution in [2.45, 2.75) is 37.6 Å². The van der Waals surface area contributed by atoms with Crippen molar-refractivity contribution in [1.82, 2.24) is 9.97 Å². The van der Waals surface area contributed by atoms with Gasteiger partial charge in [-0.25, -0.2) is 4.98 Å². The average Bonchev–Trinajstić information content (AvgIpc) is 3.19. The second-order valence-corrected chi connectivity index (χ2v) is 5.81. The second-order valence-electron chi connectivity index (χ2n) is 5.81. The van der Waals surface area contributed by atoms with Gasteiger partial charge in [0.15, 0.2) is 0 Å². The summed E-state index contributed by atoms with van der Waals surface area (Å²) in [7, 11) is 0. The number of fused-ring (bicyclic) bond motifs is 1. The third-order valence-electron chi connectivity index (χ3n) is 4.13. The lowest BCUT2D eigenvalue weighted by Crippen LogP contribution is -2.22. The molecule has 1 aromatic heterocycles. The molecule has 0 unspecified atom stereocenters. The van der Waals surface area contributed by atoms with E-state index >= 15 is 0 Å². The Morgan fingerprint density at radius 1 is 1.15 bits per heavy atom. The first-order valence-electron chi connectivity index (χ1n) is 7.22. The van der Waals surface area contributed by atoms with E-state index in [2.05, 4.69) is 39.6 Å². The van der Waals surface area contributed by atoms with Crippen LogP contribution in [0.4, 0.5) is 5.82 Å². The molecule has 4 nitrogen and oxygen atoms in total. The first-order chi connectivity index (χ1) is 9.78. The zero-order chi connectivity index (χ0) is 13.5. The maximum atomic E-state index is 11.7. The molecule has 0 spiro atoms. The van der Waals surface area contributed by atoms with Crippen LogP contribution in [-0.2, 0) is 12.8 Å². The van der Waals surface area contributed by atoms with Crippen molar-refractivity contribution < 1.29 is 0 Å². The summed E-state index contributed by atoms with van der Waals surface area (Å²) in [6, 6.07) is 10.4. The predicted octanol–water partition coefficient (Wildman–Crippen LogP) is 2.23. The summed E-state index contributed by atoms with van der Waals surface area (Å²) in [4.78, 5) is 19.1. The van der Waals surface area contributed by atoms with Gasteiger partial charge in [0, 0.05) is 18.0 Å². The minimum atomic E-state index is -0.0556. The molecule has 20 heavy (non-hydrogen) atoms. The topological polar surface area (TPSA) is 57.8 Å². The van der Waals surface area contributed by atoms with Crippen LogP contribution >= 0.6 is 0 Å². The number of anilines is 1. The maximum absolute atomic E-state index is 11.7. The van der Waals surface area contributed by atoms with Crippen LogP contribution in [0.2, 0.25) is 0 Å². The molecule has 1 fully saturated rings. The Kier molecular flexibility index (Phi) is 2.62. The average molecular weight is 267 g/mol. The van der Waals surface area contributed by atoms with Crippen molar-refractivity contribution in [2.75, 3.05) is 5.32 Å². The fourth-order valence-corrected chi connectivity index (χ4v) is 2.97. The van der Waals surface area contributed by atoms with E-state index in [1.807, 2.05) is 0 Å². The molecule has 102 valence electrons. The number of hydrogen-bond acceptors (Lipinski definition) is 3. The van der Waals surface area contributed by atoms with Gasteiger partial charge in [0.1, 0.15) is 11.6 Å². The van der Waals surface area contributed by atoms with Crippen molar-refractivity contribution >= 4 is 5.82 Å². The van der Waals surface area contributed by atoms with Crippen molar-refractivity contribution in [1.29, 1.82) is 0 Å². The smallest absolute Gasteiger partial charge is 0.252 e. The number of nitrogens with zero attached hydrogens (tertiary/aromatic N) is 1. The SMILES string of the molecule is O=c1cc(NC2Cc3ccccc3C2)nc(C2CC2)[nH]1. The molecule has 0 bridgehead atoms. The zero-order valence-corrected chi connectivity index (χ0v) is 11.2. The second kappa shape index (κ2) is 4.47. The zero-order valence-electron chi connectivity index (χ0n) is 11.2. The van der Waals surface area contributed by atoms with Gasteiger partial charge in [-0.15, -0.1) is 0 Å². The molecule has 1 heterocycles. The van der Waals surface area contributed by atoms with Gasteiger partial charge in [0.2, 0.25) is 0 Å². The van der Waals surface area contributed by atoms with E-state index in [-0.39, 0.29) is 5.56 Å². The first kappa shape index (κ1) is 11.7. The quantitative estimate of drug-likeness (QED) is 0.896. The van der Waals surface area contributed by atoms with Crippen LogP contribution in [0.25, 0.3) is 0 Å². The van der Waals surface area contributed by atoms with E-state index in [1.165, 1.54) is 11.1 Å². The van der Waals surface area contributed by atoms with E-state index < -0.39 is 0 Å². The van der Waals surface area contributed by atoms with Gasteiger partial charge in [-0.05, 0) is 36.8 Å². The highest BCUT2D eigenvalue weighted by atomic mass is 16.1. The molecule has 0 aliphatic heterocycles. The van der Waals surface area contributed by atoms with Crippen LogP contribution in [0.5, 0.6) is 0 Å². The number of aromatic amines is 1. The predicted molar refractivity (Wildman–Crippen MR) is 78.1 cm³/mol. The minimum Gasteiger partial charge on any atom is -0.366 e. The third kappa shape index (κ3) is 2.22. The summed E-state index contributed by atoms with van der Waals surface area (Å²) >= 11 is 0. The van der Waals surface area contributed by atoms with E-state index in [0.29, 0.717) is 17.8 Å². The summed E-state index contributed by atoms with van der Waals surface area (Å²) in [5.74, 6) is 2.02. The number of hydrogen-bond donors (Lipinski definition) is 2. The van der Waals surface area contributed by atoms with Crippen LogP contribution in [0, 0.1) is 0 Å². The summed E-state index contributed by atoms with van der Waals surface area (Å²) in [5.41, 5.74) is 2.74. The molecule has 2 N–H and O–H groups in total. The summed E-state index contributed by atoms with van der Waals surface area (Å²) < 4.78 is 0. The van der Waals surface area contributed by atoms with E-state index in [4.69, 9.17) is 0 Å². The third-order valence-corrected chi connectivity index (χ3v) is 4.13. The number of benzene rings is 1. The number of nitrogens with one attached hydrogen (secondary N) is 2. The van der Waals surface area contributed by atoms with Crippen LogP contribution in [0.15, 0.2) is 35.1 Å². The molecule has 1 saturated carbocycles. The van der Waals surface area contributed by atoms with Gasteiger partial charge in [0.25, 0.3) is 5.56 Å². The van der Waals surface area contributed by atoms with Gasteiger partial charge in [0.05, 0.1) is 0 Å². The summed E-state index contributed by atoms with van der Waals surface area (Å²) in [5, 5.41) is 3.42. The molecule has 2 aliphatic rings. The molecule has 2 aliphatic carbocycles. The van der Waals surface area contributed by atoms with Crippen LogP contribution < -0.4 is 10.9 Å². The Balaban J connectivity index is 1.54. The molecule has 0 radical (unpaired) electrons. The van der Waals surface area contributed by atoms with Crippen molar-refractivity contribution in [3.05, 3.63) is 57.6 Å². The van der Waals surface area contributed by atoms with Crippen LogP contribution in [0.3, 0.4) is 0 Å². The highest BCUT2D eigenvalue weighted by Crippen LogP contribution is 2.37. The Hall–Kier alpha value is -2.10.